The Morgan fingerprint density at radius 3 is 2.48 bits per heavy atom. The molecule has 4 aromatic rings. The van der Waals surface area contributed by atoms with E-state index in [9.17, 15) is 4.39 Å². The number of imidazole rings is 1. The second-order valence-electron chi connectivity index (χ2n) is 7.48. The summed E-state index contributed by atoms with van der Waals surface area (Å²) in [7, 11) is 0. The number of halogens is 1. The highest BCUT2D eigenvalue weighted by Crippen LogP contribution is 2.35. The van der Waals surface area contributed by atoms with Crippen molar-refractivity contribution in [1.29, 1.82) is 0 Å². The van der Waals surface area contributed by atoms with Crippen molar-refractivity contribution >= 4 is 11.8 Å². The molecule has 0 unspecified atom stereocenters. The fourth-order valence-electron chi connectivity index (χ4n) is 3.91. The van der Waals surface area contributed by atoms with Gasteiger partial charge in [0.05, 0.1) is 23.4 Å². The van der Waals surface area contributed by atoms with Crippen LogP contribution in [-0.4, -0.2) is 32.6 Å². The summed E-state index contributed by atoms with van der Waals surface area (Å²) in [5.41, 5.74) is 3.47. The van der Waals surface area contributed by atoms with Crippen LogP contribution in [0.1, 0.15) is 18.9 Å². The van der Waals surface area contributed by atoms with Gasteiger partial charge in [0.2, 0.25) is 0 Å². The molecule has 5 rings (SSSR count). The predicted octanol–water partition coefficient (Wildman–Crippen LogP) is 5.22. The maximum Gasteiger partial charge on any atom is 0.193 e. The number of aromatic nitrogens is 4. The van der Waals surface area contributed by atoms with E-state index in [1.54, 1.807) is 18.3 Å². The van der Waals surface area contributed by atoms with E-state index in [4.69, 9.17) is 9.97 Å². The summed E-state index contributed by atoms with van der Waals surface area (Å²) in [6.45, 7) is 1.96. The van der Waals surface area contributed by atoms with Crippen molar-refractivity contribution in [3.8, 4) is 22.6 Å². The van der Waals surface area contributed by atoms with Gasteiger partial charge in [-0.2, -0.15) is 0 Å². The SMILES string of the molecule is Fc1ccc(-c2ncn(C3CCNCC3)c2-c2ccnc(Sc3ccccc3)n2)cc1. The molecule has 1 fully saturated rings. The predicted molar refractivity (Wildman–Crippen MR) is 120 cm³/mol. The van der Waals surface area contributed by atoms with Gasteiger partial charge in [0.1, 0.15) is 5.82 Å². The summed E-state index contributed by atoms with van der Waals surface area (Å²) >= 11 is 1.53. The number of hydrogen-bond acceptors (Lipinski definition) is 5. The highest BCUT2D eigenvalue weighted by Gasteiger charge is 2.23. The molecule has 0 radical (unpaired) electrons. The van der Waals surface area contributed by atoms with Crippen LogP contribution in [0.3, 0.4) is 0 Å². The van der Waals surface area contributed by atoms with Crippen LogP contribution in [0.15, 0.2) is 83.2 Å². The molecule has 1 N–H and O–H groups in total. The second-order valence-corrected chi connectivity index (χ2v) is 8.52. The maximum atomic E-state index is 13.5. The number of rotatable bonds is 5. The van der Waals surface area contributed by atoms with Crippen LogP contribution in [0.25, 0.3) is 22.6 Å². The van der Waals surface area contributed by atoms with Crippen LogP contribution in [0, 0.1) is 5.82 Å². The fourth-order valence-corrected chi connectivity index (χ4v) is 4.67. The molecule has 1 aliphatic heterocycles. The first-order valence-electron chi connectivity index (χ1n) is 10.4. The second kappa shape index (κ2) is 8.99. The minimum atomic E-state index is -0.258. The molecule has 1 aliphatic rings. The lowest BCUT2D eigenvalue weighted by atomic mass is 10.0. The van der Waals surface area contributed by atoms with Crippen molar-refractivity contribution < 1.29 is 4.39 Å². The van der Waals surface area contributed by atoms with Gasteiger partial charge in [-0.15, -0.1) is 0 Å². The first kappa shape index (κ1) is 19.9. The van der Waals surface area contributed by atoms with Gasteiger partial charge in [0.15, 0.2) is 5.16 Å². The highest BCUT2D eigenvalue weighted by molar-refractivity contribution is 7.99. The minimum absolute atomic E-state index is 0.258. The van der Waals surface area contributed by atoms with Gasteiger partial charge < -0.3 is 9.88 Å². The van der Waals surface area contributed by atoms with Crippen molar-refractivity contribution in [2.75, 3.05) is 13.1 Å². The lowest BCUT2D eigenvalue weighted by molar-refractivity contribution is 0.370. The third-order valence-electron chi connectivity index (χ3n) is 5.44. The number of hydrogen-bond donors (Lipinski definition) is 1. The van der Waals surface area contributed by atoms with Crippen LogP contribution in [0.2, 0.25) is 0 Å². The largest absolute Gasteiger partial charge is 0.326 e. The number of benzene rings is 2. The summed E-state index contributed by atoms with van der Waals surface area (Å²) in [5, 5.41) is 4.11. The molecule has 0 spiro atoms. The topological polar surface area (TPSA) is 55.6 Å². The van der Waals surface area contributed by atoms with Crippen LogP contribution in [0.4, 0.5) is 4.39 Å². The van der Waals surface area contributed by atoms with Gasteiger partial charge in [-0.05, 0) is 80.2 Å². The minimum Gasteiger partial charge on any atom is -0.326 e. The quantitative estimate of drug-likeness (QED) is 0.439. The van der Waals surface area contributed by atoms with E-state index in [-0.39, 0.29) is 5.82 Å². The fraction of sp³-hybridized carbons (Fsp3) is 0.208. The molecule has 2 aromatic heterocycles. The molecular weight excluding hydrogens is 409 g/mol. The molecule has 0 amide bonds. The third kappa shape index (κ3) is 4.38. The highest BCUT2D eigenvalue weighted by atomic mass is 32.2. The zero-order valence-electron chi connectivity index (χ0n) is 16.9. The van der Waals surface area contributed by atoms with Crippen LogP contribution in [-0.2, 0) is 0 Å². The van der Waals surface area contributed by atoms with Crippen molar-refractivity contribution in [2.24, 2.45) is 0 Å². The summed E-state index contributed by atoms with van der Waals surface area (Å²) in [4.78, 5) is 15.2. The van der Waals surface area contributed by atoms with Crippen LogP contribution in [0.5, 0.6) is 0 Å². The van der Waals surface area contributed by atoms with Crippen molar-refractivity contribution in [2.45, 2.75) is 28.9 Å². The lowest BCUT2D eigenvalue weighted by Gasteiger charge is -2.25. The van der Waals surface area contributed by atoms with E-state index in [1.165, 1.54) is 23.9 Å². The van der Waals surface area contributed by atoms with Crippen molar-refractivity contribution in [3.05, 3.63) is 79.0 Å². The molecule has 1 saturated heterocycles. The molecule has 0 bridgehead atoms. The molecule has 7 heteroatoms. The Balaban J connectivity index is 1.58. The van der Waals surface area contributed by atoms with Crippen molar-refractivity contribution in [3.63, 3.8) is 0 Å². The normalized spacial score (nSPS) is 14.6. The van der Waals surface area contributed by atoms with E-state index < -0.39 is 0 Å². The van der Waals surface area contributed by atoms with Crippen LogP contribution < -0.4 is 5.32 Å². The van der Waals surface area contributed by atoms with E-state index in [0.29, 0.717) is 11.2 Å². The molecule has 2 aromatic carbocycles. The Hall–Kier alpha value is -3.03. The average molecular weight is 432 g/mol. The smallest absolute Gasteiger partial charge is 0.193 e. The molecule has 5 nitrogen and oxygen atoms in total. The van der Waals surface area contributed by atoms with Gasteiger partial charge in [-0.1, -0.05) is 18.2 Å². The van der Waals surface area contributed by atoms with Gasteiger partial charge >= 0.3 is 0 Å². The van der Waals surface area contributed by atoms with E-state index >= 15 is 0 Å². The average Bonchev–Trinajstić information content (AvgIpc) is 3.26. The molecule has 156 valence electrons. The molecule has 3 heterocycles. The maximum absolute atomic E-state index is 13.5. The van der Waals surface area contributed by atoms with E-state index in [1.807, 2.05) is 42.7 Å². The summed E-state index contributed by atoms with van der Waals surface area (Å²) in [5.74, 6) is -0.258. The Morgan fingerprint density at radius 1 is 0.935 bits per heavy atom. The van der Waals surface area contributed by atoms with Gasteiger partial charge in [0, 0.05) is 22.7 Å². The number of piperidine rings is 1. The Labute approximate surface area is 184 Å². The zero-order valence-corrected chi connectivity index (χ0v) is 17.7. The summed E-state index contributed by atoms with van der Waals surface area (Å²) < 4.78 is 15.8. The van der Waals surface area contributed by atoms with Crippen LogP contribution >= 0.6 is 11.8 Å². The monoisotopic (exact) mass is 431 g/mol. The Morgan fingerprint density at radius 2 is 1.71 bits per heavy atom. The molecule has 0 aliphatic carbocycles. The molecule has 31 heavy (non-hydrogen) atoms. The summed E-state index contributed by atoms with van der Waals surface area (Å²) in [6.07, 6.45) is 5.75. The van der Waals surface area contributed by atoms with Gasteiger partial charge in [-0.3, -0.25) is 0 Å². The standard InChI is InChI=1S/C24H22FN5S/c25-18-8-6-17(7-9-18)22-23(30(16-28-22)19-10-13-26-14-11-19)21-12-15-27-24(29-21)31-20-4-2-1-3-5-20/h1-9,12,15-16,19,26H,10-11,13-14H2. The Kier molecular flexibility index (Phi) is 5.78. The van der Waals surface area contributed by atoms with Gasteiger partial charge in [-0.25, -0.2) is 19.3 Å². The first-order chi connectivity index (χ1) is 15.3. The first-order valence-corrected chi connectivity index (χ1v) is 11.2. The molecular formula is C24H22FN5S. The zero-order chi connectivity index (χ0) is 21.0. The van der Waals surface area contributed by atoms with E-state index in [2.05, 4.69) is 14.9 Å². The van der Waals surface area contributed by atoms with Crippen molar-refractivity contribution in [1.82, 2.24) is 24.8 Å². The third-order valence-corrected chi connectivity index (χ3v) is 6.33. The number of nitrogens with zero attached hydrogens (tertiary/aromatic N) is 4. The molecule has 0 saturated carbocycles. The molecule has 0 atom stereocenters. The number of nitrogens with one attached hydrogen (secondary N) is 1. The van der Waals surface area contributed by atoms with E-state index in [0.717, 1.165) is 53.5 Å². The Bertz CT molecular complexity index is 1150. The van der Waals surface area contributed by atoms with Gasteiger partial charge in [0.25, 0.3) is 0 Å². The summed E-state index contributed by atoms with van der Waals surface area (Å²) in [6, 6.07) is 18.9. The lowest BCUT2D eigenvalue weighted by Crippen LogP contribution is -2.29.